The summed E-state index contributed by atoms with van der Waals surface area (Å²) in [5.74, 6) is 2.28. The van der Waals surface area contributed by atoms with E-state index in [9.17, 15) is 42.6 Å². The molecular weight excluding hydrogens is 1420 g/mol. The van der Waals surface area contributed by atoms with Crippen LogP contribution in [0.25, 0.3) is 33.8 Å². The molecule has 0 amide bonds. The predicted molar refractivity (Wildman–Crippen MR) is 387 cm³/mol. The number of ketones is 4. The van der Waals surface area contributed by atoms with Crippen LogP contribution in [0.1, 0.15) is 130 Å². The maximum absolute atomic E-state index is 13.7. The van der Waals surface area contributed by atoms with Crippen molar-refractivity contribution in [3.05, 3.63) is 212 Å². The molecule has 13 rings (SSSR count). The molecule has 2 unspecified atom stereocenters. The Morgan fingerprint density at radius 2 is 0.810 bits per heavy atom. The van der Waals surface area contributed by atoms with Gasteiger partial charge in [-0.15, -0.1) is 0 Å². The fraction of sp³-hybridized carbons (Fsp3) is 0.312. The molecule has 25 heteroatoms. The van der Waals surface area contributed by atoms with Crippen molar-refractivity contribution >= 4 is 57.9 Å². The number of methoxy groups -OCH3 is 6. The molecule has 6 aromatic carbocycles. The number of carbonyl (C=O) groups is 4. The quantitative estimate of drug-likeness (QED) is 0.0303. The van der Waals surface area contributed by atoms with Crippen molar-refractivity contribution in [2.24, 2.45) is 0 Å². The Morgan fingerprint density at radius 3 is 1.20 bits per heavy atom. The van der Waals surface area contributed by atoms with E-state index in [4.69, 9.17) is 87.2 Å². The van der Waals surface area contributed by atoms with E-state index in [1.54, 1.807) is 93.1 Å². The van der Waals surface area contributed by atoms with Crippen molar-refractivity contribution in [3.8, 4) is 85.5 Å². The molecule has 3 saturated carbocycles. The lowest BCUT2D eigenvalue weighted by molar-refractivity contribution is -0.0298. The summed E-state index contributed by atoms with van der Waals surface area (Å²) in [6.45, 7) is -0.207. The molecule has 0 bridgehead atoms. The van der Waals surface area contributed by atoms with E-state index in [2.05, 4.69) is 9.97 Å². The average molecular weight is 1500 g/mol. The summed E-state index contributed by atoms with van der Waals surface area (Å²) in [5.41, 5.74) is 2.75. The first-order valence-electron chi connectivity index (χ1n) is 33.8. The Balaban J connectivity index is 0.000000158. The van der Waals surface area contributed by atoms with Crippen molar-refractivity contribution in [2.45, 2.75) is 107 Å². The lowest BCUT2D eigenvalue weighted by Gasteiger charge is -2.26. The normalized spacial score (nSPS) is 15.4. The summed E-state index contributed by atoms with van der Waals surface area (Å²) >= 11 is 17.8. The Hall–Kier alpha value is -9.81. The summed E-state index contributed by atoms with van der Waals surface area (Å²) in [5, 5.41) is 21.1. The fourth-order valence-corrected chi connectivity index (χ4v) is 11.7. The van der Waals surface area contributed by atoms with Gasteiger partial charge >= 0.3 is 0 Å². The van der Waals surface area contributed by atoms with Gasteiger partial charge in [0.05, 0.1) is 101 Å². The van der Waals surface area contributed by atoms with Crippen LogP contribution in [0, 0.1) is 17.5 Å². The number of epoxide rings is 1. The monoisotopic (exact) mass is 1500 g/mol. The number of aromatic nitrogens is 3. The number of aliphatic hydroxyl groups excluding tert-OH is 1. The number of hydrogen-bond donors (Lipinski definition) is 2. The van der Waals surface area contributed by atoms with Gasteiger partial charge in [0.25, 0.3) is 0 Å². The van der Waals surface area contributed by atoms with Gasteiger partial charge in [-0.1, -0.05) is 34.8 Å². The van der Waals surface area contributed by atoms with Crippen LogP contribution in [0.3, 0.4) is 0 Å². The van der Waals surface area contributed by atoms with Gasteiger partial charge in [-0.2, -0.15) is 0 Å². The van der Waals surface area contributed by atoms with Gasteiger partial charge < -0.3 is 57.6 Å². The van der Waals surface area contributed by atoms with Crippen LogP contribution in [0.2, 0.25) is 15.1 Å². The minimum Gasteiger partial charge on any atom is -0.494 e. The number of Topliss-reactive ketones (excluding diaryl/α,β-unsaturated/α-hetero) is 4. The second-order valence-corrected chi connectivity index (χ2v) is 26.6. The molecule has 1 aliphatic heterocycles. The second-order valence-electron chi connectivity index (χ2n) is 25.3. The molecular formula is C80H75Cl3F3N3O16. The summed E-state index contributed by atoms with van der Waals surface area (Å²) in [6, 6.07) is 37.8. The third kappa shape index (κ3) is 19.0. The van der Waals surface area contributed by atoms with Crippen LogP contribution in [0.15, 0.2) is 146 Å². The minimum atomic E-state index is -1.81. The molecule has 548 valence electrons. The SMILES string of the molecule is COc1cc(C(=O)CCC(=O)c2ccc(OC)c(-c3ccc(F)c(Cl)c3)n2)ccc1OC1CC1.COc1cc(C(=O)CCC(O)(CO)c2ccc(OC)c(-c3ccc(F)c(Cl)c3)n2)ccc1OC1CC1.COc1cc(C(=O)CCC2(c3ccc(OC)c(-c4ccc(F)c(Cl)c4)n3)CO2)ccc1OC1CC1. The van der Waals surface area contributed by atoms with Gasteiger partial charge in [-0.05, 0) is 197 Å². The van der Waals surface area contributed by atoms with E-state index in [1.807, 2.05) is 6.07 Å². The van der Waals surface area contributed by atoms with Crippen molar-refractivity contribution < 1.29 is 89.9 Å². The van der Waals surface area contributed by atoms with E-state index < -0.39 is 35.3 Å². The molecule has 4 aliphatic rings. The highest BCUT2D eigenvalue weighted by molar-refractivity contribution is 6.31. The number of aliphatic hydroxyl groups is 2. The summed E-state index contributed by atoms with van der Waals surface area (Å²) in [7, 11) is 9.07. The lowest BCUT2D eigenvalue weighted by Crippen LogP contribution is -2.32. The van der Waals surface area contributed by atoms with Crippen molar-refractivity contribution in [3.63, 3.8) is 0 Å². The Bertz CT molecular complexity index is 4700. The number of halogens is 6. The largest absolute Gasteiger partial charge is 0.494 e. The Kier molecular flexibility index (Phi) is 24.7. The molecule has 3 aromatic heterocycles. The molecule has 19 nitrogen and oxygen atoms in total. The van der Waals surface area contributed by atoms with Crippen LogP contribution in [-0.2, 0) is 15.9 Å². The van der Waals surface area contributed by atoms with Crippen molar-refractivity contribution in [2.75, 3.05) is 55.9 Å². The van der Waals surface area contributed by atoms with Gasteiger partial charge in [-0.3, -0.25) is 19.2 Å². The summed E-state index contributed by atoms with van der Waals surface area (Å²) in [4.78, 5) is 65.1. The van der Waals surface area contributed by atoms with Crippen LogP contribution in [0.4, 0.5) is 13.2 Å². The lowest BCUT2D eigenvalue weighted by atomic mass is 9.91. The predicted octanol–water partition coefficient (Wildman–Crippen LogP) is 16.9. The van der Waals surface area contributed by atoms with Crippen LogP contribution < -0.4 is 42.6 Å². The molecule has 0 radical (unpaired) electrons. The highest BCUT2D eigenvalue weighted by Gasteiger charge is 2.48. The minimum absolute atomic E-state index is 0.00344. The smallest absolute Gasteiger partial charge is 0.181 e. The van der Waals surface area contributed by atoms with Gasteiger partial charge in [0.2, 0.25) is 0 Å². The van der Waals surface area contributed by atoms with Crippen molar-refractivity contribution in [1.29, 1.82) is 0 Å². The Labute approximate surface area is 619 Å². The van der Waals surface area contributed by atoms with E-state index in [0.29, 0.717) is 121 Å². The van der Waals surface area contributed by atoms with Gasteiger partial charge in [-0.25, -0.2) is 28.1 Å². The van der Waals surface area contributed by atoms with E-state index in [-0.39, 0.29) is 100 Å². The standard InChI is InChI=1S/C27H27ClFNO6.C27H25ClFNO5.C26H23ClFNO5/c1-34-23-9-10-25(30-26(23)17-3-7-20(29)19(28)13-17)27(33,15-31)12-11-21(32)16-4-8-22(24(14-16)35-2)36-18-5-6-18;1-32-23-9-10-25(30-26(23)17-3-7-20(29)19(28)13-17)27(15-34-27)12-11-21(31)16-4-8-22(24(14-16)33-2)35-18-5-6-18;1-32-24-12-8-20(29-26(24)16-3-7-19(28)18(27)13-16)22(31)10-9-21(30)15-4-11-23(25(14-15)33-2)34-17-5-6-17/h3-4,7-10,13-14,18,31,33H,5-6,11-12,15H2,1-2H3;3-4,7-10,13-14,18H,5-6,11-12,15H2,1-2H3;3-4,7-8,11-14,17H,5-6,9-10H2,1-2H3. The van der Waals surface area contributed by atoms with Crippen LogP contribution >= 0.6 is 34.8 Å². The van der Waals surface area contributed by atoms with E-state index in [1.165, 1.54) is 89.1 Å². The Morgan fingerprint density at radius 1 is 0.448 bits per heavy atom. The molecule has 9 aromatic rings. The van der Waals surface area contributed by atoms with Gasteiger partial charge in [0.15, 0.2) is 57.6 Å². The number of pyridine rings is 3. The molecule has 4 heterocycles. The molecule has 2 N–H and O–H groups in total. The molecule has 1 saturated heterocycles. The molecule has 2 atom stereocenters. The topological polar surface area (TPSA) is 243 Å². The van der Waals surface area contributed by atoms with Crippen LogP contribution in [0.5, 0.6) is 51.7 Å². The third-order valence-corrected chi connectivity index (χ3v) is 18.7. The second kappa shape index (κ2) is 34.0. The summed E-state index contributed by atoms with van der Waals surface area (Å²) < 4.78 is 96.4. The number of hydrogen-bond acceptors (Lipinski definition) is 19. The zero-order chi connectivity index (χ0) is 74.7. The zero-order valence-electron chi connectivity index (χ0n) is 58.2. The summed E-state index contributed by atoms with van der Waals surface area (Å²) in [6.07, 6.45) is 7.33. The third-order valence-electron chi connectivity index (χ3n) is 17.8. The average Bonchev–Trinajstić information content (AvgIpc) is 1.59. The fourth-order valence-electron chi connectivity index (χ4n) is 11.2. The van der Waals surface area contributed by atoms with Gasteiger partial charge in [0.1, 0.15) is 68.7 Å². The highest BCUT2D eigenvalue weighted by atomic mass is 35.5. The van der Waals surface area contributed by atoms with E-state index in [0.717, 1.165) is 38.5 Å². The van der Waals surface area contributed by atoms with Crippen molar-refractivity contribution in [1.82, 2.24) is 15.0 Å². The molecule has 105 heavy (non-hydrogen) atoms. The molecule has 4 fully saturated rings. The van der Waals surface area contributed by atoms with Crippen LogP contribution in [-0.4, -0.2) is 122 Å². The first-order chi connectivity index (χ1) is 50.6. The number of nitrogens with zero attached hydrogens (tertiary/aromatic N) is 3. The highest BCUT2D eigenvalue weighted by Crippen LogP contribution is 2.46. The van der Waals surface area contributed by atoms with Gasteiger partial charge in [0, 0.05) is 59.1 Å². The molecule has 0 spiro atoms. The maximum atomic E-state index is 13.7. The number of rotatable bonds is 31. The maximum Gasteiger partial charge on any atom is 0.181 e. The molecule has 3 aliphatic carbocycles. The number of ether oxygens (including phenoxy) is 10. The first kappa shape index (κ1) is 76.3. The number of carbonyl (C=O) groups excluding carboxylic acids is 4. The zero-order valence-corrected chi connectivity index (χ0v) is 60.5. The first-order valence-corrected chi connectivity index (χ1v) is 34.9. The van der Waals surface area contributed by atoms with E-state index >= 15 is 0 Å². The number of benzene rings is 6.